The van der Waals surface area contributed by atoms with Gasteiger partial charge in [0, 0.05) is 0 Å². The Bertz CT molecular complexity index is 680. The Hall–Kier alpha value is -2.01. The molecule has 0 heterocycles. The molecule has 0 aliphatic rings. The van der Waals surface area contributed by atoms with Crippen molar-refractivity contribution < 1.29 is 8.42 Å². The topological polar surface area (TPSA) is 58.9 Å². The molecule has 0 amide bonds. The molecule has 0 radical (unpaired) electrons. The first kappa shape index (κ1) is 13.4. The minimum absolute atomic E-state index is 0.0465. The van der Waals surface area contributed by atoms with Gasteiger partial charge in [-0.2, -0.15) is 5.11 Å². The van der Waals surface area contributed by atoms with Gasteiger partial charge in [0.05, 0.1) is 16.3 Å². The summed E-state index contributed by atoms with van der Waals surface area (Å²) in [7, 11) is -3.29. The van der Waals surface area contributed by atoms with Crippen molar-refractivity contribution in [3.05, 3.63) is 54.6 Å². The average molecular weight is 274 g/mol. The van der Waals surface area contributed by atoms with Crippen molar-refractivity contribution in [2.24, 2.45) is 10.2 Å². The fraction of sp³-hybridized carbons (Fsp3) is 0.143. The summed E-state index contributed by atoms with van der Waals surface area (Å²) < 4.78 is 23.9. The van der Waals surface area contributed by atoms with Crippen LogP contribution in [-0.4, -0.2) is 14.2 Å². The van der Waals surface area contributed by atoms with Crippen LogP contribution < -0.4 is 0 Å². The molecule has 0 unspecified atom stereocenters. The van der Waals surface area contributed by atoms with Crippen LogP contribution in [0.15, 0.2) is 69.7 Å². The molecule has 2 aromatic carbocycles. The number of hydrogen-bond acceptors (Lipinski definition) is 4. The average Bonchev–Trinajstić information content (AvgIpc) is 2.46. The minimum atomic E-state index is -3.29. The summed E-state index contributed by atoms with van der Waals surface area (Å²) in [4.78, 5) is 0.220. The Labute approximate surface area is 112 Å². The van der Waals surface area contributed by atoms with E-state index >= 15 is 0 Å². The molecule has 0 bridgehead atoms. The van der Waals surface area contributed by atoms with E-state index in [4.69, 9.17) is 0 Å². The van der Waals surface area contributed by atoms with Gasteiger partial charge in [0.15, 0.2) is 9.84 Å². The van der Waals surface area contributed by atoms with E-state index in [9.17, 15) is 8.42 Å². The van der Waals surface area contributed by atoms with E-state index in [-0.39, 0.29) is 10.6 Å². The summed E-state index contributed by atoms with van der Waals surface area (Å²) in [5.41, 5.74) is 1.06. The second-order valence-electron chi connectivity index (χ2n) is 3.91. The summed E-state index contributed by atoms with van der Waals surface area (Å²) in [5.74, 6) is 0.0465. The van der Waals surface area contributed by atoms with Crippen LogP contribution >= 0.6 is 0 Å². The zero-order valence-electron chi connectivity index (χ0n) is 10.5. The smallest absolute Gasteiger partial charge is 0.180 e. The summed E-state index contributed by atoms with van der Waals surface area (Å²) in [6.07, 6.45) is 0. The molecule has 0 saturated carbocycles. The van der Waals surface area contributed by atoms with Crippen molar-refractivity contribution in [2.45, 2.75) is 11.8 Å². The van der Waals surface area contributed by atoms with Gasteiger partial charge in [-0.3, -0.25) is 0 Å². The van der Waals surface area contributed by atoms with Crippen LogP contribution in [0, 0.1) is 0 Å². The Balaban J connectivity index is 2.39. The lowest BCUT2D eigenvalue weighted by molar-refractivity contribution is 0.597. The molecule has 4 nitrogen and oxygen atoms in total. The molecule has 0 saturated heterocycles. The number of nitrogens with zero attached hydrogens (tertiary/aromatic N) is 2. The summed E-state index contributed by atoms with van der Waals surface area (Å²) in [6, 6.07) is 15.8. The maximum absolute atomic E-state index is 11.9. The number of azo groups is 1. The van der Waals surface area contributed by atoms with Gasteiger partial charge in [-0.05, 0) is 24.3 Å². The molecule has 0 N–H and O–H groups in total. The van der Waals surface area contributed by atoms with Crippen LogP contribution in [-0.2, 0) is 9.84 Å². The molecule has 0 fully saturated rings. The lowest BCUT2D eigenvalue weighted by Crippen LogP contribution is -2.03. The number of hydrogen-bond donors (Lipinski definition) is 0. The van der Waals surface area contributed by atoms with E-state index in [0.717, 1.165) is 0 Å². The van der Waals surface area contributed by atoms with Crippen molar-refractivity contribution in [1.29, 1.82) is 0 Å². The first-order valence-electron chi connectivity index (χ1n) is 5.92. The van der Waals surface area contributed by atoms with E-state index in [2.05, 4.69) is 10.2 Å². The van der Waals surface area contributed by atoms with Crippen LogP contribution in [0.5, 0.6) is 0 Å². The Kier molecular flexibility index (Phi) is 4.06. The van der Waals surface area contributed by atoms with Gasteiger partial charge in [0.1, 0.15) is 5.69 Å². The van der Waals surface area contributed by atoms with Crippen molar-refractivity contribution >= 4 is 21.2 Å². The van der Waals surface area contributed by atoms with Gasteiger partial charge in [0.2, 0.25) is 0 Å². The van der Waals surface area contributed by atoms with Crippen molar-refractivity contribution in [2.75, 3.05) is 5.75 Å². The Morgan fingerprint density at radius 2 is 1.53 bits per heavy atom. The summed E-state index contributed by atoms with van der Waals surface area (Å²) >= 11 is 0. The highest BCUT2D eigenvalue weighted by Gasteiger charge is 2.15. The quantitative estimate of drug-likeness (QED) is 0.794. The lowest BCUT2D eigenvalue weighted by atomic mass is 10.3. The molecule has 0 aliphatic carbocycles. The second kappa shape index (κ2) is 5.75. The second-order valence-corrected chi connectivity index (χ2v) is 6.15. The summed E-state index contributed by atoms with van der Waals surface area (Å²) in [6.45, 7) is 1.61. The molecular weight excluding hydrogens is 260 g/mol. The number of sulfone groups is 1. The van der Waals surface area contributed by atoms with Gasteiger partial charge in [-0.1, -0.05) is 37.3 Å². The molecule has 2 aromatic rings. The number of rotatable bonds is 4. The molecule has 19 heavy (non-hydrogen) atoms. The molecule has 98 valence electrons. The van der Waals surface area contributed by atoms with Crippen LogP contribution in [0.4, 0.5) is 11.4 Å². The summed E-state index contributed by atoms with van der Waals surface area (Å²) in [5, 5.41) is 8.08. The van der Waals surface area contributed by atoms with Crippen molar-refractivity contribution in [1.82, 2.24) is 0 Å². The zero-order chi connectivity index (χ0) is 13.7. The zero-order valence-corrected chi connectivity index (χ0v) is 11.3. The predicted octanol–water partition coefficient (Wildman–Crippen LogP) is 3.90. The Morgan fingerprint density at radius 1 is 0.895 bits per heavy atom. The van der Waals surface area contributed by atoms with Gasteiger partial charge >= 0.3 is 0 Å². The van der Waals surface area contributed by atoms with Gasteiger partial charge in [-0.25, -0.2) is 8.42 Å². The SMILES string of the molecule is CCS(=O)(=O)c1ccccc1N=Nc1ccccc1. The molecule has 2 rings (SSSR count). The largest absolute Gasteiger partial charge is 0.224 e. The number of benzene rings is 2. The van der Waals surface area contributed by atoms with Crippen LogP contribution in [0.1, 0.15) is 6.92 Å². The van der Waals surface area contributed by atoms with E-state index < -0.39 is 9.84 Å². The predicted molar refractivity (Wildman–Crippen MR) is 74.8 cm³/mol. The van der Waals surface area contributed by atoms with E-state index in [1.54, 1.807) is 43.3 Å². The first-order chi connectivity index (χ1) is 9.13. The molecule has 5 heteroatoms. The van der Waals surface area contributed by atoms with Gasteiger partial charge in [0.25, 0.3) is 0 Å². The molecule has 0 aromatic heterocycles. The third-order valence-corrected chi connectivity index (χ3v) is 4.39. The molecular formula is C14H14N2O2S. The molecule has 0 spiro atoms. The molecule has 0 aliphatic heterocycles. The molecule has 0 atom stereocenters. The van der Waals surface area contributed by atoms with Crippen LogP contribution in [0.25, 0.3) is 0 Å². The monoisotopic (exact) mass is 274 g/mol. The minimum Gasteiger partial charge on any atom is -0.224 e. The maximum atomic E-state index is 11.9. The van der Waals surface area contributed by atoms with E-state index in [1.165, 1.54) is 0 Å². The third kappa shape index (κ3) is 3.26. The van der Waals surface area contributed by atoms with Crippen LogP contribution in [0.2, 0.25) is 0 Å². The van der Waals surface area contributed by atoms with Gasteiger partial charge in [-0.15, -0.1) is 5.11 Å². The highest BCUT2D eigenvalue weighted by molar-refractivity contribution is 7.91. The first-order valence-corrected chi connectivity index (χ1v) is 7.57. The highest BCUT2D eigenvalue weighted by atomic mass is 32.2. The third-order valence-electron chi connectivity index (χ3n) is 2.61. The lowest BCUT2D eigenvalue weighted by Gasteiger charge is -2.03. The fourth-order valence-electron chi connectivity index (χ4n) is 1.56. The highest BCUT2D eigenvalue weighted by Crippen LogP contribution is 2.26. The Morgan fingerprint density at radius 3 is 2.21 bits per heavy atom. The fourth-order valence-corrected chi connectivity index (χ4v) is 2.59. The van der Waals surface area contributed by atoms with Gasteiger partial charge < -0.3 is 0 Å². The standard InChI is InChI=1S/C14H14N2O2S/c1-2-19(17,18)14-11-7-6-10-13(14)16-15-12-8-4-3-5-9-12/h3-11H,2H2,1H3. The van der Waals surface area contributed by atoms with Crippen LogP contribution in [0.3, 0.4) is 0 Å². The van der Waals surface area contributed by atoms with E-state index in [0.29, 0.717) is 11.4 Å². The maximum Gasteiger partial charge on any atom is 0.180 e. The van der Waals surface area contributed by atoms with Crippen molar-refractivity contribution in [3.8, 4) is 0 Å². The normalized spacial score (nSPS) is 11.8. The van der Waals surface area contributed by atoms with E-state index in [1.807, 2.05) is 18.2 Å². The van der Waals surface area contributed by atoms with Crippen molar-refractivity contribution in [3.63, 3.8) is 0 Å².